The largest absolute Gasteiger partial charge is 0.480 e. The molecule has 6 nitrogen and oxygen atoms in total. The van der Waals surface area contributed by atoms with Gasteiger partial charge < -0.3 is 20.6 Å². The van der Waals surface area contributed by atoms with Gasteiger partial charge in [0.25, 0.3) is 5.91 Å². The number of aliphatic carboxylic acids is 1. The lowest BCUT2D eigenvalue weighted by atomic mass is 10.1. The van der Waals surface area contributed by atoms with Gasteiger partial charge in [-0.25, -0.2) is 0 Å². The Morgan fingerprint density at radius 3 is 2.45 bits per heavy atom. The van der Waals surface area contributed by atoms with Gasteiger partial charge in [0, 0.05) is 13.1 Å². The van der Waals surface area contributed by atoms with Gasteiger partial charge in [0.15, 0.2) is 0 Å². The van der Waals surface area contributed by atoms with Crippen molar-refractivity contribution < 1.29 is 14.7 Å². The minimum Gasteiger partial charge on any atom is -0.480 e. The fourth-order valence-electron chi connectivity index (χ4n) is 1.79. The zero-order valence-electron chi connectivity index (χ0n) is 11.5. The molecular weight excluding hydrogens is 282 g/mol. The summed E-state index contributed by atoms with van der Waals surface area (Å²) in [6.45, 7) is 0.854. The van der Waals surface area contributed by atoms with Crippen LogP contribution in [-0.2, 0) is 4.79 Å². The first-order valence-corrected chi connectivity index (χ1v) is 6.40. The molecule has 0 radical (unpaired) electrons. The Morgan fingerprint density at radius 2 is 1.95 bits per heavy atom. The zero-order valence-corrected chi connectivity index (χ0v) is 12.2. The zero-order chi connectivity index (χ0) is 15.3. The first-order chi connectivity index (χ1) is 9.32. The number of likely N-dealkylation sites (N-methyl/N-ethyl adjacent to an activating group) is 1. The number of carboxylic acid groups (broad SMARTS) is 1. The lowest BCUT2D eigenvalue weighted by Crippen LogP contribution is -2.37. The molecular formula is C13H18ClN3O3. The number of nitrogens with zero attached hydrogens (tertiary/aromatic N) is 2. The fourth-order valence-corrected chi connectivity index (χ4v) is 2.05. The Bertz CT molecular complexity index is 506. The van der Waals surface area contributed by atoms with E-state index in [-0.39, 0.29) is 17.1 Å². The van der Waals surface area contributed by atoms with Crippen molar-refractivity contribution >= 4 is 29.2 Å². The third-order valence-corrected chi connectivity index (χ3v) is 3.04. The Morgan fingerprint density at radius 1 is 1.30 bits per heavy atom. The summed E-state index contributed by atoms with van der Waals surface area (Å²) in [5, 5.41) is 9.22. The van der Waals surface area contributed by atoms with E-state index >= 15 is 0 Å². The third kappa shape index (κ3) is 4.40. The van der Waals surface area contributed by atoms with Gasteiger partial charge in [0.2, 0.25) is 0 Å². The summed E-state index contributed by atoms with van der Waals surface area (Å²) in [5.74, 6) is -1.66. The van der Waals surface area contributed by atoms with E-state index in [1.54, 1.807) is 23.1 Å². The molecule has 1 rings (SSSR count). The van der Waals surface area contributed by atoms with E-state index < -0.39 is 11.9 Å². The van der Waals surface area contributed by atoms with E-state index in [0.717, 1.165) is 0 Å². The van der Waals surface area contributed by atoms with Gasteiger partial charge in [0.05, 0.1) is 16.3 Å². The van der Waals surface area contributed by atoms with E-state index in [0.29, 0.717) is 18.8 Å². The van der Waals surface area contributed by atoms with Crippen LogP contribution in [0.1, 0.15) is 10.4 Å². The number of benzene rings is 1. The molecule has 0 bridgehead atoms. The van der Waals surface area contributed by atoms with Crippen LogP contribution in [-0.4, -0.2) is 55.6 Å². The number of carboxylic acids is 1. The number of anilines is 1. The molecule has 7 heteroatoms. The van der Waals surface area contributed by atoms with Gasteiger partial charge in [-0.05, 0) is 26.2 Å². The number of hydrogen-bond donors (Lipinski definition) is 2. The van der Waals surface area contributed by atoms with Crippen molar-refractivity contribution in [2.24, 2.45) is 5.73 Å². The number of hydrogen-bond acceptors (Lipinski definition) is 4. The SMILES string of the molecule is CN(C)CCN(CC(=O)O)c1cccc(Cl)c1C(N)=O. The van der Waals surface area contributed by atoms with Crippen LogP contribution in [0.25, 0.3) is 0 Å². The first kappa shape index (κ1) is 16.3. The number of rotatable bonds is 7. The van der Waals surface area contributed by atoms with Crippen molar-refractivity contribution in [3.8, 4) is 0 Å². The minimum atomic E-state index is -0.987. The number of nitrogens with two attached hydrogens (primary N) is 1. The van der Waals surface area contributed by atoms with Crippen LogP contribution in [0.4, 0.5) is 5.69 Å². The maximum absolute atomic E-state index is 11.5. The minimum absolute atomic E-state index is 0.147. The molecule has 20 heavy (non-hydrogen) atoms. The molecule has 3 N–H and O–H groups in total. The summed E-state index contributed by atoms with van der Waals surface area (Å²) < 4.78 is 0. The van der Waals surface area contributed by atoms with Crippen LogP contribution in [0.3, 0.4) is 0 Å². The average Bonchev–Trinajstić information content (AvgIpc) is 2.33. The van der Waals surface area contributed by atoms with Crippen molar-refractivity contribution in [3.05, 3.63) is 28.8 Å². The van der Waals surface area contributed by atoms with Gasteiger partial charge >= 0.3 is 5.97 Å². The standard InChI is InChI=1S/C13H18ClN3O3/c1-16(2)6-7-17(8-11(18)19)10-5-3-4-9(14)12(10)13(15)20/h3-5H,6-8H2,1-2H3,(H2,15,20)(H,18,19). The van der Waals surface area contributed by atoms with Crippen molar-refractivity contribution in [1.82, 2.24) is 4.90 Å². The molecule has 0 atom stereocenters. The molecule has 1 aromatic carbocycles. The van der Waals surface area contributed by atoms with Gasteiger partial charge in [-0.3, -0.25) is 9.59 Å². The Balaban J connectivity index is 3.15. The van der Waals surface area contributed by atoms with Crippen LogP contribution in [0.15, 0.2) is 18.2 Å². The predicted molar refractivity (Wildman–Crippen MR) is 78.4 cm³/mol. The molecule has 0 aromatic heterocycles. The van der Waals surface area contributed by atoms with Crippen LogP contribution < -0.4 is 10.6 Å². The van der Waals surface area contributed by atoms with Crippen molar-refractivity contribution in [1.29, 1.82) is 0 Å². The van der Waals surface area contributed by atoms with Crippen molar-refractivity contribution in [2.45, 2.75) is 0 Å². The summed E-state index contributed by atoms with van der Waals surface area (Å²) in [6, 6.07) is 4.86. The smallest absolute Gasteiger partial charge is 0.323 e. The summed E-state index contributed by atoms with van der Waals surface area (Å²) >= 11 is 5.98. The molecule has 1 aromatic rings. The van der Waals surface area contributed by atoms with Gasteiger partial charge in [-0.15, -0.1) is 0 Å². The number of amides is 1. The quantitative estimate of drug-likeness (QED) is 0.781. The second kappa shape index (κ2) is 7.12. The molecule has 1 amide bonds. The van der Waals surface area contributed by atoms with Gasteiger partial charge in [-0.1, -0.05) is 17.7 Å². The molecule has 0 saturated heterocycles. The maximum atomic E-state index is 11.5. The number of carbonyl (C=O) groups is 2. The van der Waals surface area contributed by atoms with E-state index in [4.69, 9.17) is 22.4 Å². The van der Waals surface area contributed by atoms with Crippen LogP contribution in [0.5, 0.6) is 0 Å². The third-order valence-electron chi connectivity index (χ3n) is 2.72. The summed E-state index contributed by atoms with van der Waals surface area (Å²) in [6.07, 6.45) is 0. The topological polar surface area (TPSA) is 86.9 Å². The molecule has 110 valence electrons. The Hall–Kier alpha value is -1.79. The molecule has 0 spiro atoms. The summed E-state index contributed by atoms with van der Waals surface area (Å²) in [5.41, 5.74) is 5.92. The molecule has 0 aliphatic carbocycles. The van der Waals surface area contributed by atoms with E-state index in [1.165, 1.54) is 0 Å². The molecule has 0 saturated carbocycles. The molecule has 0 heterocycles. The monoisotopic (exact) mass is 299 g/mol. The van der Waals surface area contributed by atoms with E-state index in [2.05, 4.69) is 0 Å². The molecule has 0 aliphatic heterocycles. The number of primary amides is 1. The van der Waals surface area contributed by atoms with Crippen LogP contribution in [0, 0.1) is 0 Å². The van der Waals surface area contributed by atoms with Crippen LogP contribution >= 0.6 is 11.6 Å². The number of halogens is 1. The number of carbonyl (C=O) groups excluding carboxylic acids is 1. The normalized spacial score (nSPS) is 10.6. The predicted octanol–water partition coefficient (Wildman–Crippen LogP) is 0.891. The maximum Gasteiger partial charge on any atom is 0.323 e. The van der Waals surface area contributed by atoms with Gasteiger partial charge in [-0.2, -0.15) is 0 Å². The fraction of sp³-hybridized carbons (Fsp3) is 0.385. The lowest BCUT2D eigenvalue weighted by molar-refractivity contribution is -0.135. The van der Waals surface area contributed by atoms with Gasteiger partial charge in [0.1, 0.15) is 6.54 Å². The highest BCUT2D eigenvalue weighted by Gasteiger charge is 2.19. The molecule has 0 unspecified atom stereocenters. The summed E-state index contributed by atoms with van der Waals surface area (Å²) in [4.78, 5) is 26.0. The van der Waals surface area contributed by atoms with Crippen molar-refractivity contribution in [2.75, 3.05) is 38.6 Å². The average molecular weight is 300 g/mol. The second-order valence-corrected chi connectivity index (χ2v) is 5.02. The van der Waals surface area contributed by atoms with Crippen LogP contribution in [0.2, 0.25) is 5.02 Å². The highest BCUT2D eigenvalue weighted by atomic mass is 35.5. The lowest BCUT2D eigenvalue weighted by Gasteiger charge is -2.26. The second-order valence-electron chi connectivity index (χ2n) is 4.62. The molecule has 0 aliphatic rings. The Kier molecular flexibility index (Phi) is 5.79. The molecule has 0 fully saturated rings. The van der Waals surface area contributed by atoms with E-state index in [1.807, 2.05) is 19.0 Å². The van der Waals surface area contributed by atoms with E-state index in [9.17, 15) is 9.59 Å². The highest BCUT2D eigenvalue weighted by molar-refractivity contribution is 6.34. The first-order valence-electron chi connectivity index (χ1n) is 6.02. The Labute approximate surface area is 122 Å². The van der Waals surface area contributed by atoms with Crippen molar-refractivity contribution in [3.63, 3.8) is 0 Å². The summed E-state index contributed by atoms with van der Waals surface area (Å²) in [7, 11) is 3.76. The highest BCUT2D eigenvalue weighted by Crippen LogP contribution is 2.27.